The SMILES string of the molecule is FC(F)(F)c1ccc(-c2nc3ccc(CC4CC4)c(C(F)(F)F)c3o2)cc1. The molecule has 1 heterocycles. The number of hydrogen-bond acceptors (Lipinski definition) is 2. The third-order valence-corrected chi connectivity index (χ3v) is 4.59. The maximum atomic E-state index is 13.6. The zero-order valence-corrected chi connectivity index (χ0v) is 13.8. The van der Waals surface area contributed by atoms with E-state index in [1.54, 1.807) is 0 Å². The molecule has 0 atom stereocenters. The highest BCUT2D eigenvalue weighted by Gasteiger charge is 2.39. The van der Waals surface area contributed by atoms with Crippen molar-refractivity contribution in [1.82, 2.24) is 4.98 Å². The van der Waals surface area contributed by atoms with Crippen molar-refractivity contribution < 1.29 is 30.8 Å². The smallest absolute Gasteiger partial charge is 0.420 e. The molecule has 1 aliphatic rings. The molecule has 2 aromatic carbocycles. The lowest BCUT2D eigenvalue weighted by Crippen LogP contribution is -2.10. The van der Waals surface area contributed by atoms with Crippen molar-refractivity contribution in [2.75, 3.05) is 0 Å². The highest BCUT2D eigenvalue weighted by molar-refractivity contribution is 5.81. The number of halogens is 6. The van der Waals surface area contributed by atoms with Gasteiger partial charge in [-0.05, 0) is 61.1 Å². The number of alkyl halides is 6. The molecule has 0 amide bonds. The molecule has 0 aliphatic heterocycles. The van der Waals surface area contributed by atoms with Crippen LogP contribution in [-0.2, 0) is 18.8 Å². The van der Waals surface area contributed by atoms with Crippen LogP contribution in [0.15, 0.2) is 40.8 Å². The van der Waals surface area contributed by atoms with Crippen LogP contribution in [0.2, 0.25) is 0 Å². The summed E-state index contributed by atoms with van der Waals surface area (Å²) in [6.07, 6.45) is -6.98. The monoisotopic (exact) mass is 385 g/mol. The first kappa shape index (κ1) is 17.9. The normalized spacial score (nSPS) is 15.5. The topological polar surface area (TPSA) is 26.0 Å². The van der Waals surface area contributed by atoms with Crippen LogP contribution in [0, 0.1) is 5.92 Å². The Hall–Kier alpha value is -2.51. The average molecular weight is 385 g/mol. The maximum absolute atomic E-state index is 13.6. The fourth-order valence-corrected chi connectivity index (χ4v) is 3.07. The van der Waals surface area contributed by atoms with Crippen LogP contribution in [0.4, 0.5) is 26.3 Å². The molecule has 3 aromatic rings. The first-order valence-corrected chi connectivity index (χ1v) is 8.30. The van der Waals surface area contributed by atoms with E-state index in [9.17, 15) is 26.3 Å². The molecule has 8 heteroatoms. The van der Waals surface area contributed by atoms with E-state index in [0.29, 0.717) is 6.42 Å². The van der Waals surface area contributed by atoms with Gasteiger partial charge in [0, 0.05) is 5.56 Å². The predicted octanol–water partition coefficient (Wildman–Crippen LogP) is 6.48. The van der Waals surface area contributed by atoms with E-state index < -0.39 is 23.5 Å². The summed E-state index contributed by atoms with van der Waals surface area (Å²) in [6.45, 7) is 0. The van der Waals surface area contributed by atoms with Gasteiger partial charge in [0.1, 0.15) is 11.1 Å². The van der Waals surface area contributed by atoms with Gasteiger partial charge in [0.05, 0.1) is 5.56 Å². The molecule has 0 saturated heterocycles. The third-order valence-electron chi connectivity index (χ3n) is 4.59. The molecule has 0 N–H and O–H groups in total. The molecule has 0 bridgehead atoms. The zero-order valence-electron chi connectivity index (χ0n) is 13.8. The van der Waals surface area contributed by atoms with E-state index in [1.807, 2.05) is 0 Å². The summed E-state index contributed by atoms with van der Waals surface area (Å²) in [6, 6.07) is 6.81. The fraction of sp³-hybridized carbons (Fsp3) is 0.316. The van der Waals surface area contributed by atoms with Gasteiger partial charge < -0.3 is 4.42 Å². The first-order valence-electron chi connectivity index (χ1n) is 8.30. The summed E-state index contributed by atoms with van der Waals surface area (Å²) < 4.78 is 84.3. The van der Waals surface area contributed by atoms with Gasteiger partial charge in [-0.25, -0.2) is 4.98 Å². The minimum atomic E-state index is -4.61. The van der Waals surface area contributed by atoms with Crippen LogP contribution in [0.3, 0.4) is 0 Å². The van der Waals surface area contributed by atoms with Crippen LogP contribution in [0.1, 0.15) is 29.5 Å². The summed E-state index contributed by atoms with van der Waals surface area (Å²) in [4.78, 5) is 4.04. The van der Waals surface area contributed by atoms with Gasteiger partial charge in [0.15, 0.2) is 5.58 Å². The van der Waals surface area contributed by atoms with Crippen molar-refractivity contribution in [3.63, 3.8) is 0 Å². The molecule has 1 aliphatic carbocycles. The Morgan fingerprint density at radius 1 is 0.889 bits per heavy atom. The van der Waals surface area contributed by atoms with E-state index in [1.165, 1.54) is 12.1 Å². The zero-order chi connectivity index (χ0) is 19.4. The van der Waals surface area contributed by atoms with Crippen LogP contribution < -0.4 is 0 Å². The Kier molecular flexibility index (Phi) is 3.98. The fourth-order valence-electron chi connectivity index (χ4n) is 3.07. The lowest BCUT2D eigenvalue weighted by Gasteiger charge is -2.12. The summed E-state index contributed by atoms with van der Waals surface area (Å²) in [5, 5.41) is 0. The molecule has 1 saturated carbocycles. The second-order valence-corrected chi connectivity index (χ2v) is 6.69. The molecular formula is C19H13F6NO. The van der Waals surface area contributed by atoms with E-state index in [0.717, 1.165) is 37.1 Å². The van der Waals surface area contributed by atoms with Crippen molar-refractivity contribution in [3.8, 4) is 11.5 Å². The van der Waals surface area contributed by atoms with Crippen LogP contribution in [0.25, 0.3) is 22.6 Å². The van der Waals surface area contributed by atoms with Crippen LogP contribution in [-0.4, -0.2) is 4.98 Å². The molecule has 0 unspecified atom stereocenters. The van der Waals surface area contributed by atoms with Gasteiger partial charge in [-0.3, -0.25) is 0 Å². The van der Waals surface area contributed by atoms with Crippen molar-refractivity contribution >= 4 is 11.1 Å². The minimum absolute atomic E-state index is 0.0248. The number of hydrogen-bond donors (Lipinski definition) is 0. The number of benzene rings is 2. The average Bonchev–Trinajstić information content (AvgIpc) is 3.28. The lowest BCUT2D eigenvalue weighted by molar-refractivity contribution is -0.138. The van der Waals surface area contributed by atoms with E-state index in [-0.39, 0.29) is 34.0 Å². The van der Waals surface area contributed by atoms with Crippen molar-refractivity contribution in [3.05, 3.63) is 53.1 Å². The standard InChI is InChI=1S/C19H13F6NO/c20-18(21,22)13-6-3-11(4-7-13)17-26-14-8-5-12(9-10-1-2-10)15(16(14)27-17)19(23,24)25/h3-8,10H,1-2,9H2. The summed E-state index contributed by atoms with van der Waals surface area (Å²) in [5.41, 5.74) is -1.72. The Labute approximate surface area is 149 Å². The molecule has 0 radical (unpaired) electrons. The highest BCUT2D eigenvalue weighted by Crippen LogP contribution is 2.42. The minimum Gasteiger partial charge on any atom is -0.435 e. The first-order chi connectivity index (χ1) is 12.6. The van der Waals surface area contributed by atoms with Crippen molar-refractivity contribution in [1.29, 1.82) is 0 Å². The molecule has 142 valence electrons. The second-order valence-electron chi connectivity index (χ2n) is 6.69. The number of fused-ring (bicyclic) bond motifs is 1. The second kappa shape index (κ2) is 6.00. The number of nitrogens with zero attached hydrogens (tertiary/aromatic N) is 1. The van der Waals surface area contributed by atoms with Crippen molar-refractivity contribution in [2.24, 2.45) is 5.92 Å². The van der Waals surface area contributed by atoms with E-state index in [4.69, 9.17) is 4.42 Å². The van der Waals surface area contributed by atoms with Crippen molar-refractivity contribution in [2.45, 2.75) is 31.6 Å². The number of oxazole rings is 1. The summed E-state index contributed by atoms with van der Waals surface area (Å²) in [7, 11) is 0. The Morgan fingerprint density at radius 2 is 1.56 bits per heavy atom. The van der Waals surface area contributed by atoms with E-state index >= 15 is 0 Å². The van der Waals surface area contributed by atoms with Gasteiger partial charge in [0.2, 0.25) is 5.89 Å². The molecule has 0 spiro atoms. The molecule has 2 nitrogen and oxygen atoms in total. The molecule has 1 aromatic heterocycles. The van der Waals surface area contributed by atoms with Gasteiger partial charge >= 0.3 is 12.4 Å². The maximum Gasteiger partial charge on any atom is 0.420 e. The Morgan fingerprint density at radius 3 is 2.11 bits per heavy atom. The van der Waals surface area contributed by atoms with Crippen LogP contribution >= 0.6 is 0 Å². The quantitative estimate of drug-likeness (QED) is 0.482. The Bertz CT molecular complexity index is 980. The van der Waals surface area contributed by atoms with Gasteiger partial charge in [-0.15, -0.1) is 0 Å². The van der Waals surface area contributed by atoms with E-state index in [2.05, 4.69) is 4.98 Å². The molecule has 27 heavy (non-hydrogen) atoms. The number of rotatable bonds is 3. The summed E-state index contributed by atoms with van der Waals surface area (Å²) >= 11 is 0. The third kappa shape index (κ3) is 3.52. The van der Waals surface area contributed by atoms with Crippen LogP contribution in [0.5, 0.6) is 0 Å². The number of aromatic nitrogens is 1. The summed E-state index contributed by atoms with van der Waals surface area (Å²) in [5.74, 6) is 0.105. The highest BCUT2D eigenvalue weighted by atomic mass is 19.4. The lowest BCUT2D eigenvalue weighted by atomic mass is 10.0. The molecule has 1 fully saturated rings. The Balaban J connectivity index is 1.79. The molecular weight excluding hydrogens is 372 g/mol. The predicted molar refractivity (Wildman–Crippen MR) is 85.9 cm³/mol. The largest absolute Gasteiger partial charge is 0.435 e. The van der Waals surface area contributed by atoms with Gasteiger partial charge in [-0.2, -0.15) is 26.3 Å². The van der Waals surface area contributed by atoms with Gasteiger partial charge in [-0.1, -0.05) is 6.07 Å². The molecule has 4 rings (SSSR count). The van der Waals surface area contributed by atoms with Gasteiger partial charge in [0.25, 0.3) is 0 Å².